The van der Waals surface area contributed by atoms with Crippen LogP contribution in [0.1, 0.15) is 59.1 Å². The van der Waals surface area contributed by atoms with Crippen molar-refractivity contribution in [3.05, 3.63) is 191 Å². The number of rotatable bonds is 4. The van der Waals surface area contributed by atoms with Gasteiger partial charge in [0.15, 0.2) is 11.3 Å². The van der Waals surface area contributed by atoms with E-state index in [4.69, 9.17) is 4.74 Å². The van der Waals surface area contributed by atoms with Gasteiger partial charge in [0, 0.05) is 45.5 Å². The van der Waals surface area contributed by atoms with Gasteiger partial charge in [-0.05, 0) is 70.8 Å². The Morgan fingerprint density at radius 3 is 1.71 bits per heavy atom. The molecule has 56 heavy (non-hydrogen) atoms. The van der Waals surface area contributed by atoms with E-state index in [0.29, 0.717) is 0 Å². The fourth-order valence-electron chi connectivity index (χ4n) is 11.2. The van der Waals surface area contributed by atoms with Gasteiger partial charge in [-0.25, -0.2) is 0 Å². The van der Waals surface area contributed by atoms with E-state index in [1.165, 1.54) is 99.9 Å². The lowest BCUT2D eigenvalue weighted by Crippen LogP contribution is -2.75. The quantitative estimate of drug-likeness (QED) is 0.166. The third kappa shape index (κ3) is 3.18. The first-order valence-corrected chi connectivity index (χ1v) is 19.8. The van der Waals surface area contributed by atoms with Gasteiger partial charge in [-0.3, -0.25) is 0 Å². The van der Waals surface area contributed by atoms with Gasteiger partial charge in [0.2, 0.25) is 5.69 Å². The van der Waals surface area contributed by atoms with Crippen molar-refractivity contribution in [2.75, 3.05) is 0 Å². The van der Waals surface area contributed by atoms with Gasteiger partial charge in [-0.15, -0.1) is 9.13 Å². The number of hydrogen-bond donors (Lipinski definition) is 0. The Balaban J connectivity index is 1.23. The number of pyridine rings is 2. The number of para-hydroxylation sites is 2. The summed E-state index contributed by atoms with van der Waals surface area (Å²) in [5.41, 5.74) is 15.4. The second kappa shape index (κ2) is 9.81. The molecule has 0 radical (unpaired) electrons. The van der Waals surface area contributed by atoms with Crippen LogP contribution in [0.15, 0.2) is 158 Å². The summed E-state index contributed by atoms with van der Waals surface area (Å²) in [5, 5.41) is 5.04. The molecule has 14 rings (SSSR count). The lowest BCUT2D eigenvalue weighted by Gasteiger charge is -2.37. The zero-order chi connectivity index (χ0) is 36.6. The predicted molar refractivity (Wildman–Crippen MR) is 221 cm³/mol. The highest BCUT2D eigenvalue weighted by molar-refractivity contribution is 6.16. The average molecular weight is 719 g/mol. The summed E-state index contributed by atoms with van der Waals surface area (Å²) >= 11 is 0. The van der Waals surface area contributed by atoms with Crippen molar-refractivity contribution in [2.45, 2.75) is 31.3 Å². The second-order valence-corrected chi connectivity index (χ2v) is 16.1. The summed E-state index contributed by atoms with van der Waals surface area (Å²) in [5.74, 6) is 3.30. The number of ether oxygens (including phenoxy) is 1. The highest BCUT2D eigenvalue weighted by Crippen LogP contribution is 2.58. The Morgan fingerprint density at radius 1 is 0.482 bits per heavy atom. The molecule has 262 valence electrons. The van der Waals surface area contributed by atoms with Crippen LogP contribution in [-0.2, 0) is 5.66 Å². The van der Waals surface area contributed by atoms with E-state index in [2.05, 4.69) is 190 Å². The van der Waals surface area contributed by atoms with E-state index in [9.17, 15) is 0 Å². The Bertz CT molecular complexity index is 3430. The highest BCUT2D eigenvalue weighted by atomic mass is 16.5. The maximum absolute atomic E-state index is 7.26. The van der Waals surface area contributed by atoms with Crippen LogP contribution >= 0.6 is 0 Å². The standard InChI is InChI=1S/C51H34N4O/c1-29(31-13-5-3-6-14-31)33-25-42-43-26-34(30(2)32-15-7-4-8-16-32)28-46-55(43)51-47-41(52-39-19-11-9-17-35(39)38-22-24-44(56-46)48(51)50(38)52)23-21-37-36-18-10-12-20-40(36)53(49(37)47)45(27-33)54(42)51/h3-30H,1-2H3/q+2. The van der Waals surface area contributed by atoms with E-state index in [1.807, 2.05) is 0 Å². The van der Waals surface area contributed by atoms with E-state index >= 15 is 0 Å². The zero-order valence-electron chi connectivity index (χ0n) is 30.9. The summed E-state index contributed by atoms with van der Waals surface area (Å²) < 4.78 is 17.6. The lowest BCUT2D eigenvalue weighted by molar-refractivity contribution is -0.938. The van der Waals surface area contributed by atoms with Crippen molar-refractivity contribution in [2.24, 2.45) is 0 Å². The minimum absolute atomic E-state index is 0.164. The molecule has 6 aromatic carbocycles. The average Bonchev–Trinajstić information content (AvgIpc) is 3.88. The number of fused-ring (bicyclic) bond motifs is 9. The molecule has 3 atom stereocenters. The van der Waals surface area contributed by atoms with Crippen LogP contribution in [0.25, 0.3) is 66.5 Å². The normalized spacial score (nSPS) is 17.2. The molecular formula is C51H34N4O+2. The van der Waals surface area contributed by atoms with Crippen LogP contribution < -0.4 is 13.9 Å². The van der Waals surface area contributed by atoms with E-state index in [0.717, 1.165) is 11.6 Å². The van der Waals surface area contributed by atoms with Crippen molar-refractivity contribution in [3.63, 3.8) is 0 Å². The van der Waals surface area contributed by atoms with Crippen LogP contribution in [-0.4, -0.2) is 9.13 Å². The molecule has 5 heteroatoms. The third-order valence-corrected chi connectivity index (χ3v) is 13.6. The Kier molecular flexibility index (Phi) is 5.15. The number of hydrogen-bond acceptors (Lipinski definition) is 1. The van der Waals surface area contributed by atoms with Crippen LogP contribution in [0.3, 0.4) is 0 Å². The maximum Gasteiger partial charge on any atom is 0.378 e. The second-order valence-electron chi connectivity index (χ2n) is 16.1. The van der Waals surface area contributed by atoms with Gasteiger partial charge in [-0.1, -0.05) is 105 Å². The molecule has 0 saturated carbocycles. The van der Waals surface area contributed by atoms with Crippen molar-refractivity contribution in [1.82, 2.24) is 9.13 Å². The summed E-state index contributed by atoms with van der Waals surface area (Å²) in [7, 11) is 0. The number of nitrogens with zero attached hydrogens (tertiary/aromatic N) is 4. The smallest absolute Gasteiger partial charge is 0.378 e. The number of aromatic nitrogens is 4. The molecule has 8 heterocycles. The van der Waals surface area contributed by atoms with Gasteiger partial charge in [0.25, 0.3) is 11.5 Å². The largest absolute Gasteiger partial charge is 0.404 e. The minimum atomic E-state index is -0.727. The lowest BCUT2D eigenvalue weighted by atomic mass is 9.81. The molecule has 10 aromatic rings. The van der Waals surface area contributed by atoms with E-state index in [-0.39, 0.29) is 11.8 Å². The fraction of sp³-hybridized carbons (Fsp3) is 0.0980. The van der Waals surface area contributed by atoms with Crippen molar-refractivity contribution >= 4 is 43.6 Å². The van der Waals surface area contributed by atoms with Gasteiger partial charge in [0.05, 0.1) is 22.8 Å². The van der Waals surface area contributed by atoms with Crippen molar-refractivity contribution in [1.29, 1.82) is 0 Å². The first-order valence-electron chi connectivity index (χ1n) is 19.8. The summed E-state index contributed by atoms with van der Waals surface area (Å²) in [6, 6.07) is 58.7. The molecule has 5 nitrogen and oxygen atoms in total. The molecule has 1 spiro atoms. The van der Waals surface area contributed by atoms with Gasteiger partial charge in [0.1, 0.15) is 16.6 Å². The van der Waals surface area contributed by atoms with Crippen LogP contribution in [0.2, 0.25) is 0 Å². The van der Waals surface area contributed by atoms with Crippen molar-refractivity contribution in [3.8, 4) is 34.5 Å². The minimum Gasteiger partial charge on any atom is -0.404 e. The van der Waals surface area contributed by atoms with Crippen LogP contribution in [0, 0.1) is 0 Å². The molecule has 0 saturated heterocycles. The third-order valence-electron chi connectivity index (χ3n) is 13.6. The van der Waals surface area contributed by atoms with E-state index < -0.39 is 5.66 Å². The molecule has 4 aromatic heterocycles. The Hall–Kier alpha value is -6.98. The fourth-order valence-corrected chi connectivity index (χ4v) is 11.2. The predicted octanol–water partition coefficient (Wildman–Crippen LogP) is 10.8. The van der Waals surface area contributed by atoms with Gasteiger partial charge >= 0.3 is 11.5 Å². The summed E-state index contributed by atoms with van der Waals surface area (Å²) in [6.45, 7) is 4.67. The first-order chi connectivity index (χ1) is 27.6. The summed E-state index contributed by atoms with van der Waals surface area (Å²) in [6.07, 6.45) is 0. The molecule has 4 aliphatic heterocycles. The van der Waals surface area contributed by atoms with Gasteiger partial charge in [-0.2, -0.15) is 4.57 Å². The molecule has 3 unspecified atom stereocenters. The monoisotopic (exact) mass is 718 g/mol. The van der Waals surface area contributed by atoms with E-state index in [1.54, 1.807) is 0 Å². The molecule has 4 aliphatic rings. The topological polar surface area (TPSA) is 26.8 Å². The molecule has 0 bridgehead atoms. The van der Waals surface area contributed by atoms with Crippen LogP contribution in [0.5, 0.6) is 11.6 Å². The molecule has 0 amide bonds. The zero-order valence-corrected chi connectivity index (χ0v) is 30.9. The first kappa shape index (κ1) is 29.4. The molecule has 0 fully saturated rings. The highest BCUT2D eigenvalue weighted by Gasteiger charge is 2.71. The molecule has 0 N–H and O–H groups in total. The van der Waals surface area contributed by atoms with Crippen LogP contribution in [0.4, 0.5) is 0 Å². The Morgan fingerprint density at radius 2 is 1.04 bits per heavy atom. The number of benzene rings is 6. The maximum atomic E-state index is 7.26. The molecular weight excluding hydrogens is 685 g/mol. The molecule has 0 aliphatic carbocycles. The SMILES string of the molecule is CC(c1ccccc1)c1cc2[n+]3c(c1)-c1cc(C(C)c4ccccc4)cc4[n+]1C31c3c(ccc5c6ccccc6n(c35)-c3ccc5c6ccccc6n-4c5c31)O2. The van der Waals surface area contributed by atoms with Gasteiger partial charge < -0.3 is 9.30 Å². The van der Waals surface area contributed by atoms with Crippen molar-refractivity contribution < 1.29 is 13.9 Å². The Labute approximate surface area is 322 Å². The summed E-state index contributed by atoms with van der Waals surface area (Å²) in [4.78, 5) is 0.